The highest BCUT2D eigenvalue weighted by atomic mass is 16.5. The molecular formula is C23H24O6. The average Bonchev–Trinajstić information content (AvgIpc) is 2.75. The standard InChI is InChI=1S/C23H24O6/c1-26-20-11-7-16(13-22(20)28-3)5-9-18(24)15-19(25)10-6-17-8-12-21(27-2)23(14-17)29-4/h5-15,24H,1-4H3/b9-5-,10-6-,18-15+. The van der Waals surface area contributed by atoms with Gasteiger partial charge in [-0.15, -0.1) is 0 Å². The number of allylic oxidation sites excluding steroid dienone is 3. The second-order valence-corrected chi connectivity index (χ2v) is 5.87. The van der Waals surface area contributed by atoms with E-state index in [1.165, 1.54) is 12.2 Å². The first-order valence-electron chi connectivity index (χ1n) is 8.75. The first-order chi connectivity index (χ1) is 14.0. The molecule has 29 heavy (non-hydrogen) atoms. The molecule has 2 aromatic rings. The number of carbonyl (C=O) groups is 1. The fourth-order valence-corrected chi connectivity index (χ4v) is 2.51. The van der Waals surface area contributed by atoms with Crippen molar-refractivity contribution >= 4 is 17.9 Å². The van der Waals surface area contributed by atoms with E-state index in [1.807, 2.05) is 6.07 Å². The molecule has 2 aromatic carbocycles. The summed E-state index contributed by atoms with van der Waals surface area (Å²) in [6.45, 7) is 0. The average molecular weight is 396 g/mol. The number of methoxy groups -OCH3 is 4. The van der Waals surface area contributed by atoms with E-state index < -0.39 is 0 Å². The zero-order valence-electron chi connectivity index (χ0n) is 16.8. The van der Waals surface area contributed by atoms with Crippen molar-refractivity contribution < 1.29 is 28.8 Å². The zero-order valence-corrected chi connectivity index (χ0v) is 16.8. The molecule has 0 aliphatic carbocycles. The van der Waals surface area contributed by atoms with Crippen LogP contribution in [0.4, 0.5) is 0 Å². The van der Waals surface area contributed by atoms with E-state index in [2.05, 4.69) is 0 Å². The predicted molar refractivity (Wildman–Crippen MR) is 113 cm³/mol. The number of ether oxygens (including phenoxy) is 4. The van der Waals surface area contributed by atoms with Gasteiger partial charge in [0.25, 0.3) is 0 Å². The van der Waals surface area contributed by atoms with Crippen molar-refractivity contribution in [2.24, 2.45) is 0 Å². The van der Waals surface area contributed by atoms with Crippen LogP contribution in [0.3, 0.4) is 0 Å². The Bertz CT molecular complexity index is 940. The largest absolute Gasteiger partial charge is 0.508 e. The van der Waals surface area contributed by atoms with Crippen LogP contribution in [0.25, 0.3) is 12.2 Å². The third kappa shape index (κ3) is 6.17. The van der Waals surface area contributed by atoms with Gasteiger partial charge in [-0.3, -0.25) is 4.79 Å². The van der Waals surface area contributed by atoms with Gasteiger partial charge in [0.05, 0.1) is 28.4 Å². The van der Waals surface area contributed by atoms with Gasteiger partial charge in [-0.1, -0.05) is 24.3 Å². The Morgan fingerprint density at radius 3 is 1.62 bits per heavy atom. The van der Waals surface area contributed by atoms with Crippen LogP contribution >= 0.6 is 0 Å². The van der Waals surface area contributed by atoms with Gasteiger partial charge in [0, 0.05) is 6.08 Å². The molecule has 6 nitrogen and oxygen atoms in total. The minimum Gasteiger partial charge on any atom is -0.508 e. The Morgan fingerprint density at radius 1 is 0.724 bits per heavy atom. The maximum atomic E-state index is 12.1. The van der Waals surface area contributed by atoms with E-state index in [0.717, 1.165) is 17.2 Å². The van der Waals surface area contributed by atoms with Crippen LogP contribution in [0.5, 0.6) is 23.0 Å². The smallest absolute Gasteiger partial charge is 0.182 e. The summed E-state index contributed by atoms with van der Waals surface area (Å²) in [6.07, 6.45) is 7.23. The highest BCUT2D eigenvalue weighted by Gasteiger charge is 2.04. The number of rotatable bonds is 9. The van der Waals surface area contributed by atoms with E-state index in [0.29, 0.717) is 23.0 Å². The van der Waals surface area contributed by atoms with Crippen molar-refractivity contribution in [2.75, 3.05) is 28.4 Å². The molecule has 0 amide bonds. The summed E-state index contributed by atoms with van der Waals surface area (Å²) < 4.78 is 20.8. The molecule has 0 radical (unpaired) electrons. The van der Waals surface area contributed by atoms with Crippen LogP contribution in [0, 0.1) is 0 Å². The third-order valence-electron chi connectivity index (χ3n) is 3.99. The molecule has 0 fully saturated rings. The van der Waals surface area contributed by atoms with Crippen molar-refractivity contribution in [1.29, 1.82) is 0 Å². The summed E-state index contributed by atoms with van der Waals surface area (Å²) in [5.41, 5.74) is 1.56. The molecule has 1 N–H and O–H groups in total. The molecule has 0 saturated carbocycles. The summed E-state index contributed by atoms with van der Waals surface area (Å²) in [4.78, 5) is 12.1. The minimum absolute atomic E-state index is 0.165. The Balaban J connectivity index is 2.06. The van der Waals surface area contributed by atoms with E-state index >= 15 is 0 Å². The number of aliphatic hydroxyl groups is 1. The Morgan fingerprint density at radius 2 is 1.17 bits per heavy atom. The first-order valence-corrected chi connectivity index (χ1v) is 8.75. The fraction of sp³-hybridized carbons (Fsp3) is 0.174. The van der Waals surface area contributed by atoms with Gasteiger partial charge >= 0.3 is 0 Å². The highest BCUT2D eigenvalue weighted by molar-refractivity contribution is 6.02. The fourth-order valence-electron chi connectivity index (χ4n) is 2.51. The second-order valence-electron chi connectivity index (χ2n) is 5.87. The summed E-state index contributed by atoms with van der Waals surface area (Å²) in [6, 6.07) is 10.6. The Hall–Kier alpha value is -3.67. The van der Waals surface area contributed by atoms with Crippen LogP contribution in [0.1, 0.15) is 11.1 Å². The monoisotopic (exact) mass is 396 g/mol. The molecule has 2 rings (SSSR count). The van der Waals surface area contributed by atoms with Gasteiger partial charge in [0.2, 0.25) is 0 Å². The zero-order chi connectivity index (χ0) is 21.2. The normalized spacial score (nSPS) is 11.7. The van der Waals surface area contributed by atoms with E-state index in [-0.39, 0.29) is 11.5 Å². The van der Waals surface area contributed by atoms with Crippen molar-refractivity contribution in [2.45, 2.75) is 0 Å². The molecule has 0 spiro atoms. The highest BCUT2D eigenvalue weighted by Crippen LogP contribution is 2.29. The number of hydrogen-bond acceptors (Lipinski definition) is 6. The second kappa shape index (κ2) is 10.6. The summed E-state index contributed by atoms with van der Waals surface area (Å²) in [5, 5.41) is 9.98. The lowest BCUT2D eigenvalue weighted by Crippen LogP contribution is -1.91. The molecule has 6 heteroatoms. The van der Waals surface area contributed by atoms with Gasteiger partial charge in [-0.05, 0) is 47.5 Å². The van der Waals surface area contributed by atoms with Crippen molar-refractivity contribution in [1.82, 2.24) is 0 Å². The van der Waals surface area contributed by atoms with Gasteiger partial charge in [0.15, 0.2) is 28.8 Å². The molecule has 152 valence electrons. The lowest BCUT2D eigenvalue weighted by atomic mass is 10.1. The van der Waals surface area contributed by atoms with Crippen LogP contribution < -0.4 is 18.9 Å². The number of hydrogen-bond donors (Lipinski definition) is 1. The quantitative estimate of drug-likeness (QED) is 0.383. The molecule has 0 unspecified atom stereocenters. The van der Waals surface area contributed by atoms with E-state index in [1.54, 1.807) is 70.9 Å². The maximum absolute atomic E-state index is 12.1. The van der Waals surface area contributed by atoms with Crippen LogP contribution in [0.2, 0.25) is 0 Å². The minimum atomic E-state index is -0.353. The van der Waals surface area contributed by atoms with Crippen molar-refractivity contribution in [3.63, 3.8) is 0 Å². The van der Waals surface area contributed by atoms with E-state index in [9.17, 15) is 9.90 Å². The van der Waals surface area contributed by atoms with Crippen LogP contribution in [0.15, 0.2) is 60.4 Å². The third-order valence-corrected chi connectivity index (χ3v) is 3.99. The maximum Gasteiger partial charge on any atom is 0.182 e. The van der Waals surface area contributed by atoms with E-state index in [4.69, 9.17) is 18.9 Å². The summed E-state index contributed by atoms with van der Waals surface area (Å²) in [5.74, 6) is 1.84. The topological polar surface area (TPSA) is 74.2 Å². The number of ketones is 1. The molecule has 0 atom stereocenters. The van der Waals surface area contributed by atoms with Crippen molar-refractivity contribution in [3.8, 4) is 23.0 Å². The molecule has 0 saturated heterocycles. The lowest BCUT2D eigenvalue weighted by molar-refractivity contribution is -0.110. The van der Waals surface area contributed by atoms with Gasteiger partial charge in [-0.2, -0.15) is 0 Å². The molecule has 0 aliphatic heterocycles. The lowest BCUT2D eigenvalue weighted by Gasteiger charge is -2.07. The molecule has 0 heterocycles. The molecular weight excluding hydrogens is 372 g/mol. The molecule has 0 bridgehead atoms. The Kier molecular flexibility index (Phi) is 7.91. The van der Waals surface area contributed by atoms with Gasteiger partial charge in [0.1, 0.15) is 5.76 Å². The van der Waals surface area contributed by atoms with Gasteiger partial charge < -0.3 is 24.1 Å². The number of aliphatic hydroxyl groups excluding tert-OH is 1. The summed E-state index contributed by atoms with van der Waals surface area (Å²) >= 11 is 0. The predicted octanol–water partition coefficient (Wildman–Crippen LogP) is 4.46. The van der Waals surface area contributed by atoms with Crippen LogP contribution in [-0.2, 0) is 4.79 Å². The van der Waals surface area contributed by atoms with Crippen LogP contribution in [-0.4, -0.2) is 39.3 Å². The Labute approximate surface area is 170 Å². The number of benzene rings is 2. The first kappa shape index (κ1) is 21.6. The SMILES string of the molecule is COc1ccc(/C=C\C(=O)/C=C(O)\C=C/c2ccc(OC)c(OC)c2)cc1OC. The van der Waals surface area contributed by atoms with Crippen molar-refractivity contribution in [3.05, 3.63) is 71.5 Å². The molecule has 0 aliphatic rings. The van der Waals surface area contributed by atoms with Gasteiger partial charge in [-0.25, -0.2) is 0 Å². The number of carbonyl (C=O) groups excluding carboxylic acids is 1. The molecule has 0 aromatic heterocycles. The summed E-state index contributed by atoms with van der Waals surface area (Å²) in [7, 11) is 6.21.